The van der Waals surface area contributed by atoms with Crippen LogP contribution in [0.25, 0.3) is 5.65 Å². The summed E-state index contributed by atoms with van der Waals surface area (Å²) >= 11 is 3.30. The second-order valence-electron chi connectivity index (χ2n) is 3.18. The van der Waals surface area contributed by atoms with Gasteiger partial charge >= 0.3 is 5.97 Å². The number of carboxylic acids is 1. The van der Waals surface area contributed by atoms with Crippen LogP contribution in [-0.2, 0) is 4.79 Å². The molecule has 2 rings (SSSR count). The fraction of sp³-hybridized carbons (Fsp3) is 0.222. The van der Waals surface area contributed by atoms with E-state index in [0.29, 0.717) is 5.65 Å². The summed E-state index contributed by atoms with van der Waals surface area (Å²) in [7, 11) is 1.56. The topological polar surface area (TPSA) is 79.5 Å². The maximum Gasteiger partial charge on any atom is 0.328 e. The second-order valence-corrected chi connectivity index (χ2v) is 4.10. The van der Waals surface area contributed by atoms with Crippen molar-refractivity contribution in [1.29, 1.82) is 0 Å². The van der Waals surface area contributed by atoms with E-state index in [-0.39, 0.29) is 5.82 Å². The maximum atomic E-state index is 10.9. The molecular formula is C9H9BrN4O2. The van der Waals surface area contributed by atoms with E-state index >= 15 is 0 Å². The molecule has 16 heavy (non-hydrogen) atoms. The zero-order chi connectivity index (χ0) is 11.7. The SMILES string of the molecule is CNC(C(=O)O)c1nc2ccc(Br)cn2n1. The van der Waals surface area contributed by atoms with Gasteiger partial charge in [-0.3, -0.25) is 4.79 Å². The highest BCUT2D eigenvalue weighted by molar-refractivity contribution is 9.10. The number of carboxylic acid groups (broad SMARTS) is 1. The van der Waals surface area contributed by atoms with Crippen molar-refractivity contribution in [2.24, 2.45) is 0 Å². The number of aliphatic carboxylic acids is 1. The number of fused-ring (bicyclic) bond motifs is 1. The van der Waals surface area contributed by atoms with Crippen LogP contribution in [0.15, 0.2) is 22.8 Å². The second kappa shape index (κ2) is 4.18. The van der Waals surface area contributed by atoms with Gasteiger partial charge in [-0.1, -0.05) is 0 Å². The molecule has 0 aliphatic rings. The van der Waals surface area contributed by atoms with E-state index in [2.05, 4.69) is 31.3 Å². The lowest BCUT2D eigenvalue weighted by molar-refractivity contribution is -0.139. The van der Waals surface area contributed by atoms with Crippen molar-refractivity contribution in [2.45, 2.75) is 6.04 Å². The molecule has 0 aliphatic heterocycles. The van der Waals surface area contributed by atoms with Gasteiger partial charge in [0.05, 0.1) is 0 Å². The highest BCUT2D eigenvalue weighted by Crippen LogP contribution is 2.13. The summed E-state index contributed by atoms with van der Waals surface area (Å²) in [4.78, 5) is 15.0. The number of nitrogens with one attached hydrogen (secondary N) is 1. The Hall–Kier alpha value is -1.47. The van der Waals surface area contributed by atoms with Crippen LogP contribution in [0.5, 0.6) is 0 Å². The van der Waals surface area contributed by atoms with Crippen molar-refractivity contribution < 1.29 is 9.90 Å². The highest BCUT2D eigenvalue weighted by atomic mass is 79.9. The molecule has 0 saturated carbocycles. The van der Waals surface area contributed by atoms with Gasteiger partial charge in [0.15, 0.2) is 17.5 Å². The van der Waals surface area contributed by atoms with Gasteiger partial charge < -0.3 is 10.4 Å². The quantitative estimate of drug-likeness (QED) is 0.873. The van der Waals surface area contributed by atoms with Crippen LogP contribution in [0.3, 0.4) is 0 Å². The Kier molecular flexibility index (Phi) is 2.88. The molecule has 2 aromatic rings. The number of pyridine rings is 1. The number of likely N-dealkylation sites (N-methyl/N-ethyl adjacent to an activating group) is 1. The van der Waals surface area contributed by atoms with Crippen LogP contribution in [0.4, 0.5) is 0 Å². The third kappa shape index (κ3) is 1.91. The molecule has 0 radical (unpaired) electrons. The Balaban J connectivity index is 2.49. The van der Waals surface area contributed by atoms with Crippen molar-refractivity contribution in [1.82, 2.24) is 19.9 Å². The molecule has 1 atom stereocenters. The van der Waals surface area contributed by atoms with E-state index < -0.39 is 12.0 Å². The predicted octanol–water partition coefficient (Wildman–Crippen LogP) is 0.837. The third-order valence-electron chi connectivity index (χ3n) is 2.11. The molecule has 0 spiro atoms. The van der Waals surface area contributed by atoms with E-state index in [0.717, 1.165) is 4.47 Å². The lowest BCUT2D eigenvalue weighted by Crippen LogP contribution is -2.26. The molecule has 0 saturated heterocycles. The summed E-state index contributed by atoms with van der Waals surface area (Å²) in [5.41, 5.74) is 0.611. The number of rotatable bonds is 3. The van der Waals surface area contributed by atoms with Crippen molar-refractivity contribution in [2.75, 3.05) is 7.05 Å². The number of carbonyl (C=O) groups is 1. The molecule has 0 amide bonds. The third-order valence-corrected chi connectivity index (χ3v) is 2.57. The summed E-state index contributed by atoms with van der Waals surface area (Å²) in [5, 5.41) is 15.7. The normalized spacial score (nSPS) is 12.9. The number of aromatic nitrogens is 3. The Morgan fingerprint density at radius 3 is 3.00 bits per heavy atom. The molecule has 1 unspecified atom stereocenters. The predicted molar refractivity (Wildman–Crippen MR) is 60.1 cm³/mol. The van der Waals surface area contributed by atoms with E-state index in [1.807, 2.05) is 6.07 Å². The van der Waals surface area contributed by atoms with E-state index in [1.165, 1.54) is 4.52 Å². The Morgan fingerprint density at radius 1 is 1.62 bits per heavy atom. The van der Waals surface area contributed by atoms with Crippen LogP contribution in [0.2, 0.25) is 0 Å². The van der Waals surface area contributed by atoms with Gasteiger partial charge in [-0.15, -0.1) is 5.10 Å². The molecular weight excluding hydrogens is 276 g/mol. The first kappa shape index (κ1) is 11.0. The molecule has 2 heterocycles. The lowest BCUT2D eigenvalue weighted by Gasteiger charge is -2.04. The molecule has 0 aliphatic carbocycles. The summed E-state index contributed by atoms with van der Waals surface area (Å²) in [5.74, 6) is -0.759. The molecule has 84 valence electrons. The Bertz CT molecular complexity index is 539. The van der Waals surface area contributed by atoms with E-state index in [1.54, 1.807) is 19.3 Å². The zero-order valence-corrected chi connectivity index (χ0v) is 9.97. The van der Waals surface area contributed by atoms with Gasteiger partial charge in [0.25, 0.3) is 0 Å². The van der Waals surface area contributed by atoms with Gasteiger partial charge in [-0.2, -0.15) is 0 Å². The van der Waals surface area contributed by atoms with Crippen molar-refractivity contribution in [3.63, 3.8) is 0 Å². The fourth-order valence-electron chi connectivity index (χ4n) is 1.36. The first-order valence-corrected chi connectivity index (χ1v) is 5.33. The number of hydrogen-bond acceptors (Lipinski definition) is 4. The zero-order valence-electron chi connectivity index (χ0n) is 8.38. The van der Waals surface area contributed by atoms with Crippen LogP contribution < -0.4 is 5.32 Å². The summed E-state index contributed by atoms with van der Waals surface area (Å²) in [6.45, 7) is 0. The molecule has 0 bridgehead atoms. The minimum atomic E-state index is -1.00. The van der Waals surface area contributed by atoms with Crippen LogP contribution in [-0.4, -0.2) is 32.7 Å². The van der Waals surface area contributed by atoms with Gasteiger partial charge in [-0.05, 0) is 35.1 Å². The smallest absolute Gasteiger partial charge is 0.328 e. The van der Waals surface area contributed by atoms with E-state index in [9.17, 15) is 4.79 Å². The molecule has 2 aromatic heterocycles. The van der Waals surface area contributed by atoms with Gasteiger partial charge in [-0.25, -0.2) is 9.50 Å². The lowest BCUT2D eigenvalue weighted by atomic mass is 10.3. The fourth-order valence-corrected chi connectivity index (χ4v) is 1.69. The average Bonchev–Trinajstić information content (AvgIpc) is 2.60. The number of nitrogens with zero attached hydrogens (tertiary/aromatic N) is 3. The van der Waals surface area contributed by atoms with Gasteiger partial charge in [0, 0.05) is 10.7 Å². The monoisotopic (exact) mass is 284 g/mol. The van der Waals surface area contributed by atoms with Crippen LogP contribution in [0, 0.1) is 0 Å². The number of halogens is 1. The minimum Gasteiger partial charge on any atom is -0.480 e. The first-order chi connectivity index (χ1) is 7.61. The molecule has 2 N–H and O–H groups in total. The Morgan fingerprint density at radius 2 is 2.38 bits per heavy atom. The van der Waals surface area contributed by atoms with E-state index in [4.69, 9.17) is 5.11 Å². The molecule has 7 heteroatoms. The van der Waals surface area contributed by atoms with Crippen LogP contribution in [0.1, 0.15) is 11.9 Å². The Labute approximate surface area is 99.4 Å². The average molecular weight is 285 g/mol. The summed E-state index contributed by atoms with van der Waals surface area (Å²) in [6.07, 6.45) is 1.72. The number of hydrogen-bond donors (Lipinski definition) is 2. The van der Waals surface area contributed by atoms with Gasteiger partial charge in [0.2, 0.25) is 0 Å². The summed E-state index contributed by atoms with van der Waals surface area (Å²) in [6, 6.07) is 2.69. The largest absolute Gasteiger partial charge is 0.480 e. The minimum absolute atomic E-state index is 0.244. The molecule has 0 aromatic carbocycles. The van der Waals surface area contributed by atoms with Crippen molar-refractivity contribution in [3.8, 4) is 0 Å². The molecule has 0 fully saturated rings. The summed E-state index contributed by atoms with van der Waals surface area (Å²) < 4.78 is 2.39. The van der Waals surface area contributed by atoms with Crippen LogP contribution >= 0.6 is 15.9 Å². The standard InChI is InChI=1S/C9H9BrN4O2/c1-11-7(9(15)16)8-12-6-3-2-5(10)4-14(6)13-8/h2-4,7,11H,1H3,(H,15,16). The maximum absolute atomic E-state index is 10.9. The van der Waals surface area contributed by atoms with Gasteiger partial charge in [0.1, 0.15) is 0 Å². The molecule has 6 nitrogen and oxygen atoms in total. The van der Waals surface area contributed by atoms with Crippen molar-refractivity contribution >= 4 is 27.5 Å². The first-order valence-electron chi connectivity index (χ1n) is 4.53. The van der Waals surface area contributed by atoms with Crippen molar-refractivity contribution in [3.05, 3.63) is 28.6 Å². The highest BCUT2D eigenvalue weighted by Gasteiger charge is 2.22.